The molecule has 1 aromatic heterocycles. The number of hydrogen-bond donors (Lipinski definition) is 1. The Balaban J connectivity index is 1.62. The van der Waals surface area contributed by atoms with Crippen LogP contribution in [0, 0.1) is 0 Å². The lowest BCUT2D eigenvalue weighted by atomic mass is 10.2. The zero-order valence-corrected chi connectivity index (χ0v) is 14.5. The fourth-order valence-corrected chi connectivity index (χ4v) is 3.06. The summed E-state index contributed by atoms with van der Waals surface area (Å²) in [4.78, 5) is 2.48. The monoisotopic (exact) mass is 350 g/mol. The minimum Gasteiger partial charge on any atom is -0.459 e. The van der Waals surface area contributed by atoms with Crippen LogP contribution in [-0.4, -0.2) is 30.6 Å². The maximum atomic E-state index is 5.94. The number of likely N-dealkylation sites (N-methyl/N-ethyl adjacent to an activating group) is 1. The molecule has 0 radical (unpaired) electrons. The van der Waals surface area contributed by atoms with Gasteiger partial charge in [-0.25, -0.2) is 0 Å². The van der Waals surface area contributed by atoms with Crippen molar-refractivity contribution in [3.8, 4) is 0 Å². The van der Waals surface area contributed by atoms with Gasteiger partial charge in [-0.15, -0.1) is 0 Å². The Kier molecular flexibility index (Phi) is 4.38. The molecule has 0 bridgehead atoms. The highest BCUT2D eigenvalue weighted by atomic mass is 79.9. The maximum absolute atomic E-state index is 5.94. The van der Waals surface area contributed by atoms with E-state index in [-0.39, 0.29) is 6.04 Å². The van der Waals surface area contributed by atoms with Gasteiger partial charge in [-0.2, -0.15) is 0 Å². The van der Waals surface area contributed by atoms with Crippen molar-refractivity contribution in [1.82, 2.24) is 10.2 Å². The SMILES string of the molecule is CC(NCC(C)N(C)C1CC1)c1cc2cc(Br)ccc2o1. The first-order chi connectivity index (χ1) is 10.0. The smallest absolute Gasteiger partial charge is 0.134 e. The molecule has 2 atom stereocenters. The molecule has 21 heavy (non-hydrogen) atoms. The summed E-state index contributed by atoms with van der Waals surface area (Å²) in [5.74, 6) is 1.00. The van der Waals surface area contributed by atoms with Crippen LogP contribution in [0.1, 0.15) is 38.5 Å². The van der Waals surface area contributed by atoms with Crippen molar-refractivity contribution in [1.29, 1.82) is 0 Å². The van der Waals surface area contributed by atoms with Crippen molar-refractivity contribution in [2.75, 3.05) is 13.6 Å². The highest BCUT2D eigenvalue weighted by Gasteiger charge is 2.29. The molecule has 0 amide bonds. The molecular weight excluding hydrogens is 328 g/mol. The van der Waals surface area contributed by atoms with Gasteiger partial charge in [0.25, 0.3) is 0 Å². The Labute approximate surface area is 134 Å². The molecule has 2 unspecified atom stereocenters. The van der Waals surface area contributed by atoms with Gasteiger partial charge in [0.1, 0.15) is 11.3 Å². The molecule has 1 heterocycles. The zero-order chi connectivity index (χ0) is 15.0. The van der Waals surface area contributed by atoms with E-state index < -0.39 is 0 Å². The number of rotatable bonds is 6. The molecule has 4 heteroatoms. The minimum atomic E-state index is 0.228. The van der Waals surface area contributed by atoms with Gasteiger partial charge >= 0.3 is 0 Å². The van der Waals surface area contributed by atoms with Crippen LogP contribution >= 0.6 is 15.9 Å². The lowest BCUT2D eigenvalue weighted by molar-refractivity contribution is 0.234. The molecule has 0 saturated heterocycles. The predicted molar refractivity (Wildman–Crippen MR) is 90.6 cm³/mol. The Hall–Kier alpha value is -0.840. The van der Waals surface area contributed by atoms with Crippen molar-refractivity contribution >= 4 is 26.9 Å². The molecule has 1 aliphatic carbocycles. The standard InChI is InChI=1S/C17H23BrN2O/c1-11(20(3)15-5-6-15)10-19-12(2)17-9-13-8-14(18)4-7-16(13)21-17/h4,7-9,11-12,15,19H,5-6,10H2,1-3H3. The van der Waals surface area contributed by atoms with E-state index in [1.54, 1.807) is 0 Å². The largest absolute Gasteiger partial charge is 0.459 e. The Morgan fingerprint density at radius 3 is 2.81 bits per heavy atom. The molecule has 1 fully saturated rings. The van der Waals surface area contributed by atoms with E-state index in [0.717, 1.165) is 33.8 Å². The van der Waals surface area contributed by atoms with Crippen LogP contribution in [-0.2, 0) is 0 Å². The molecule has 0 aliphatic heterocycles. The summed E-state index contributed by atoms with van der Waals surface area (Å²) in [7, 11) is 2.23. The van der Waals surface area contributed by atoms with Gasteiger partial charge in [0, 0.05) is 28.5 Å². The van der Waals surface area contributed by atoms with Crippen molar-refractivity contribution in [3.63, 3.8) is 0 Å². The highest BCUT2D eigenvalue weighted by molar-refractivity contribution is 9.10. The van der Waals surface area contributed by atoms with E-state index in [1.165, 1.54) is 12.8 Å². The van der Waals surface area contributed by atoms with Gasteiger partial charge in [0.2, 0.25) is 0 Å². The number of benzene rings is 1. The van der Waals surface area contributed by atoms with Crippen LogP contribution in [0.4, 0.5) is 0 Å². The molecule has 1 N–H and O–H groups in total. The van der Waals surface area contributed by atoms with Gasteiger partial charge < -0.3 is 9.73 Å². The summed E-state index contributed by atoms with van der Waals surface area (Å²) in [6.45, 7) is 5.43. The quantitative estimate of drug-likeness (QED) is 0.840. The second-order valence-electron chi connectivity index (χ2n) is 6.21. The van der Waals surface area contributed by atoms with Crippen LogP contribution < -0.4 is 5.32 Å². The Morgan fingerprint density at radius 2 is 2.10 bits per heavy atom. The first-order valence-electron chi connectivity index (χ1n) is 7.69. The third-order valence-corrected chi connectivity index (χ3v) is 4.95. The van der Waals surface area contributed by atoms with Crippen molar-refractivity contribution in [3.05, 3.63) is 34.5 Å². The van der Waals surface area contributed by atoms with Crippen molar-refractivity contribution in [2.24, 2.45) is 0 Å². The van der Waals surface area contributed by atoms with Crippen LogP contribution in [0.25, 0.3) is 11.0 Å². The molecule has 114 valence electrons. The summed E-state index contributed by atoms with van der Waals surface area (Å²) < 4.78 is 7.03. The van der Waals surface area contributed by atoms with E-state index in [4.69, 9.17) is 4.42 Å². The lowest BCUT2D eigenvalue weighted by Gasteiger charge is -2.26. The van der Waals surface area contributed by atoms with Gasteiger partial charge in [0.15, 0.2) is 0 Å². The first-order valence-corrected chi connectivity index (χ1v) is 8.48. The molecule has 0 spiro atoms. The first kappa shape index (κ1) is 15.1. The summed E-state index contributed by atoms with van der Waals surface area (Å²) >= 11 is 3.50. The summed E-state index contributed by atoms with van der Waals surface area (Å²) in [6.07, 6.45) is 2.71. The average molecular weight is 351 g/mol. The van der Waals surface area contributed by atoms with E-state index in [0.29, 0.717) is 6.04 Å². The normalized spacial score (nSPS) is 18.3. The maximum Gasteiger partial charge on any atom is 0.134 e. The lowest BCUT2D eigenvalue weighted by Crippen LogP contribution is -2.39. The van der Waals surface area contributed by atoms with Crippen LogP contribution in [0.15, 0.2) is 33.2 Å². The Bertz CT molecular complexity index is 620. The fourth-order valence-electron chi connectivity index (χ4n) is 2.68. The average Bonchev–Trinajstić information content (AvgIpc) is 3.23. The summed E-state index contributed by atoms with van der Waals surface area (Å²) in [5.41, 5.74) is 0.949. The topological polar surface area (TPSA) is 28.4 Å². The van der Waals surface area contributed by atoms with Crippen LogP contribution in [0.5, 0.6) is 0 Å². The van der Waals surface area contributed by atoms with Crippen molar-refractivity contribution < 1.29 is 4.42 Å². The number of hydrogen-bond acceptors (Lipinski definition) is 3. The van der Waals surface area contributed by atoms with Gasteiger partial charge in [-0.1, -0.05) is 15.9 Å². The summed E-state index contributed by atoms with van der Waals surface area (Å²) in [6, 6.07) is 9.84. The highest BCUT2D eigenvalue weighted by Crippen LogP contribution is 2.28. The minimum absolute atomic E-state index is 0.228. The molecule has 1 aliphatic rings. The van der Waals surface area contributed by atoms with Gasteiger partial charge in [0.05, 0.1) is 6.04 Å². The fraction of sp³-hybridized carbons (Fsp3) is 0.529. The number of nitrogens with zero attached hydrogens (tertiary/aromatic N) is 1. The van der Waals surface area contributed by atoms with E-state index in [1.807, 2.05) is 12.1 Å². The third-order valence-electron chi connectivity index (χ3n) is 4.46. The number of halogens is 1. The summed E-state index contributed by atoms with van der Waals surface area (Å²) in [5, 5.41) is 4.74. The van der Waals surface area contributed by atoms with Gasteiger partial charge in [-0.05, 0) is 58.0 Å². The predicted octanol–water partition coefficient (Wildman–Crippen LogP) is 4.33. The van der Waals surface area contributed by atoms with E-state index >= 15 is 0 Å². The molecule has 1 saturated carbocycles. The molecule has 3 nitrogen and oxygen atoms in total. The third kappa shape index (κ3) is 3.50. The van der Waals surface area contributed by atoms with E-state index in [2.05, 4.69) is 59.2 Å². The van der Waals surface area contributed by atoms with Gasteiger partial charge in [-0.3, -0.25) is 4.90 Å². The van der Waals surface area contributed by atoms with Crippen molar-refractivity contribution in [2.45, 2.75) is 44.8 Å². The molecule has 1 aromatic carbocycles. The number of nitrogens with one attached hydrogen (secondary N) is 1. The molecule has 2 aromatic rings. The molecular formula is C17H23BrN2O. The van der Waals surface area contributed by atoms with Crippen LogP contribution in [0.3, 0.4) is 0 Å². The second kappa shape index (κ2) is 6.11. The van der Waals surface area contributed by atoms with Crippen LogP contribution in [0.2, 0.25) is 0 Å². The zero-order valence-electron chi connectivity index (χ0n) is 12.9. The van der Waals surface area contributed by atoms with E-state index in [9.17, 15) is 0 Å². The Morgan fingerprint density at radius 1 is 1.33 bits per heavy atom. The number of fused-ring (bicyclic) bond motifs is 1. The second-order valence-corrected chi connectivity index (χ2v) is 7.12. The molecule has 3 rings (SSSR count). The number of furan rings is 1.